The van der Waals surface area contributed by atoms with E-state index in [2.05, 4.69) is 31.4 Å². The van der Waals surface area contributed by atoms with Crippen LogP contribution in [0.3, 0.4) is 0 Å². The van der Waals surface area contributed by atoms with E-state index in [1.165, 1.54) is 37.5 Å². The normalized spacial score (nSPS) is 13.4. The number of amides is 2. The zero-order chi connectivity index (χ0) is 30.3. The summed E-state index contributed by atoms with van der Waals surface area (Å²) < 4.78 is 38.9. The molecule has 14 nitrogen and oxygen atoms in total. The van der Waals surface area contributed by atoms with Crippen LogP contribution < -0.4 is 85.0 Å². The van der Waals surface area contributed by atoms with Gasteiger partial charge in [0.2, 0.25) is 0 Å². The van der Waals surface area contributed by atoms with E-state index in [0.717, 1.165) is 24.3 Å². The van der Waals surface area contributed by atoms with Gasteiger partial charge in [-0.05, 0) is 72.8 Å². The topological polar surface area (TPSA) is 214 Å². The number of ketones is 1. The molecule has 4 rings (SSSR count). The summed E-state index contributed by atoms with van der Waals surface area (Å²) in [6, 6.07) is 15.5. The second kappa shape index (κ2) is 16.4. The van der Waals surface area contributed by atoms with Crippen molar-refractivity contribution in [1.82, 2.24) is 0 Å². The molecule has 2 amide bonds. The molecule has 44 heavy (non-hydrogen) atoms. The fourth-order valence-electron chi connectivity index (χ4n) is 3.45. The number of allylic oxidation sites excluding steroid dienone is 3. The van der Waals surface area contributed by atoms with Crippen molar-refractivity contribution in [2.45, 2.75) is 4.90 Å². The standard InChI is InChI=1S/C27H22N6O8S.2Na/c1-41-25-15-20(33-31-18-3-2-4-21(13-18)42(38,39)40)9-11-23(25)29-27(37)28-16-5-7-17(8-6-16)30-32-19-10-12-24(34)22(14-19)26(35)36;;/h2-15,30H,1H3,(H,35,36)(H2,28,29,37)(H,38,39,40);;/q;2*+1/p-2. The van der Waals surface area contributed by atoms with E-state index in [0.29, 0.717) is 22.7 Å². The monoisotopic (exact) mass is 634 g/mol. The van der Waals surface area contributed by atoms with Crippen molar-refractivity contribution < 1.29 is 96.3 Å². The first kappa shape index (κ1) is 36.5. The zero-order valence-corrected chi connectivity index (χ0v) is 28.4. The molecular formula is C27H20N6Na2O8S. The number of hydrogen-bond donors (Lipinski definition) is 3. The number of hydrogen-bond acceptors (Lipinski definition) is 12. The second-order valence-corrected chi connectivity index (χ2v) is 9.76. The van der Waals surface area contributed by atoms with Crippen LogP contribution in [0.4, 0.5) is 33.2 Å². The van der Waals surface area contributed by atoms with Crippen LogP contribution in [0.15, 0.2) is 111 Å². The number of anilines is 3. The van der Waals surface area contributed by atoms with Gasteiger partial charge in [0.05, 0.1) is 46.4 Å². The number of carbonyl (C=O) groups is 3. The summed E-state index contributed by atoms with van der Waals surface area (Å²) in [7, 11) is -3.24. The first-order valence-corrected chi connectivity index (χ1v) is 13.3. The van der Waals surface area contributed by atoms with Gasteiger partial charge in [-0.1, -0.05) is 6.07 Å². The van der Waals surface area contributed by atoms with Gasteiger partial charge in [-0.25, -0.2) is 13.2 Å². The molecule has 0 bridgehead atoms. The molecule has 1 aliphatic rings. The smallest absolute Gasteiger partial charge is 0.744 e. The van der Waals surface area contributed by atoms with Gasteiger partial charge in [0, 0.05) is 17.3 Å². The van der Waals surface area contributed by atoms with Gasteiger partial charge < -0.3 is 29.8 Å². The van der Waals surface area contributed by atoms with Gasteiger partial charge in [-0.15, -0.1) is 0 Å². The van der Waals surface area contributed by atoms with Crippen LogP contribution in [-0.2, 0) is 19.7 Å². The minimum Gasteiger partial charge on any atom is -0.744 e. The predicted molar refractivity (Wildman–Crippen MR) is 149 cm³/mol. The number of hydrazone groups is 1. The fraction of sp³-hybridized carbons (Fsp3) is 0.0370. The van der Waals surface area contributed by atoms with Gasteiger partial charge in [0.25, 0.3) is 0 Å². The Morgan fingerprint density at radius 2 is 1.52 bits per heavy atom. The van der Waals surface area contributed by atoms with E-state index in [1.54, 1.807) is 30.3 Å². The third-order valence-corrected chi connectivity index (χ3v) is 6.29. The largest absolute Gasteiger partial charge is 1.00 e. The van der Waals surface area contributed by atoms with Crippen LogP contribution in [0.1, 0.15) is 0 Å². The van der Waals surface area contributed by atoms with Crippen molar-refractivity contribution in [3.05, 3.63) is 90.5 Å². The third-order valence-electron chi connectivity index (χ3n) is 5.46. The van der Waals surface area contributed by atoms with Gasteiger partial charge in [0.1, 0.15) is 15.9 Å². The Balaban J connectivity index is 0.00000337. The Hall–Kier alpha value is -3.67. The quantitative estimate of drug-likeness (QED) is 0.0555. The first-order valence-electron chi connectivity index (χ1n) is 11.8. The number of carboxylic acids is 1. The van der Waals surface area contributed by atoms with Crippen molar-refractivity contribution in [1.29, 1.82) is 0 Å². The molecule has 0 saturated heterocycles. The molecule has 3 aromatic carbocycles. The van der Waals surface area contributed by atoms with Crippen molar-refractivity contribution in [2.24, 2.45) is 15.3 Å². The molecule has 0 fully saturated rings. The molecule has 0 heterocycles. The molecule has 3 aromatic rings. The number of urea groups is 1. The van der Waals surface area contributed by atoms with Gasteiger partial charge in [0.15, 0.2) is 5.78 Å². The fourth-order valence-corrected chi connectivity index (χ4v) is 3.96. The summed E-state index contributed by atoms with van der Waals surface area (Å²) in [6.45, 7) is 0. The maximum atomic E-state index is 12.6. The first-order chi connectivity index (χ1) is 20.0. The van der Waals surface area contributed by atoms with Crippen molar-refractivity contribution in [3.8, 4) is 5.75 Å². The number of rotatable bonds is 9. The number of ether oxygens (including phenoxy) is 1. The van der Waals surface area contributed by atoms with Crippen LogP contribution in [-0.4, -0.2) is 43.6 Å². The summed E-state index contributed by atoms with van der Waals surface area (Å²) in [5.74, 6) is -2.00. The molecule has 0 unspecified atom stereocenters. The molecule has 0 atom stereocenters. The molecule has 17 heteroatoms. The summed E-state index contributed by atoms with van der Waals surface area (Å²) >= 11 is 0. The van der Waals surface area contributed by atoms with Crippen molar-refractivity contribution >= 4 is 62.1 Å². The molecular weight excluding hydrogens is 614 g/mol. The van der Waals surface area contributed by atoms with E-state index in [-0.39, 0.29) is 76.3 Å². The number of methoxy groups -OCH3 is 1. The number of carboxylic acid groups (broad SMARTS) is 1. The molecule has 0 saturated carbocycles. The number of aliphatic carboxylic acids is 1. The maximum Gasteiger partial charge on any atom is 1.00 e. The Labute approximate surface area is 295 Å². The van der Waals surface area contributed by atoms with Crippen LogP contribution >= 0.6 is 0 Å². The van der Waals surface area contributed by atoms with Crippen LogP contribution in [0.2, 0.25) is 0 Å². The number of benzene rings is 3. The van der Waals surface area contributed by atoms with E-state index < -0.39 is 38.4 Å². The molecule has 3 N–H and O–H groups in total. The van der Waals surface area contributed by atoms with Crippen molar-refractivity contribution in [3.63, 3.8) is 0 Å². The summed E-state index contributed by atoms with van der Waals surface area (Å²) in [5, 5.41) is 28.3. The second-order valence-electron chi connectivity index (χ2n) is 8.38. The van der Waals surface area contributed by atoms with Gasteiger partial charge in [-0.3, -0.25) is 10.2 Å². The minimum atomic E-state index is -4.63. The summed E-state index contributed by atoms with van der Waals surface area (Å²) in [4.78, 5) is 34.7. The molecule has 0 aliphatic heterocycles. The van der Waals surface area contributed by atoms with Crippen molar-refractivity contribution in [2.75, 3.05) is 23.2 Å². The summed E-state index contributed by atoms with van der Waals surface area (Å²) in [6.07, 6.45) is 3.53. The van der Waals surface area contributed by atoms with Crippen LogP contribution in [0.25, 0.3) is 0 Å². The van der Waals surface area contributed by atoms with E-state index in [9.17, 15) is 32.5 Å². The van der Waals surface area contributed by atoms with Crippen LogP contribution in [0, 0.1) is 0 Å². The third kappa shape index (κ3) is 10.2. The number of nitrogens with zero attached hydrogens (tertiary/aromatic N) is 3. The molecule has 0 aromatic heterocycles. The number of azo groups is 1. The molecule has 0 radical (unpaired) electrons. The van der Waals surface area contributed by atoms with E-state index in [4.69, 9.17) is 4.74 Å². The Morgan fingerprint density at radius 3 is 2.16 bits per heavy atom. The summed E-state index contributed by atoms with van der Waals surface area (Å²) in [5.41, 5.74) is 4.22. The number of nitrogens with one attached hydrogen (secondary N) is 3. The zero-order valence-electron chi connectivity index (χ0n) is 23.6. The van der Waals surface area contributed by atoms with E-state index >= 15 is 0 Å². The molecule has 0 spiro atoms. The maximum absolute atomic E-state index is 12.6. The predicted octanol–water partition coefficient (Wildman–Crippen LogP) is -2.75. The van der Waals surface area contributed by atoms with Gasteiger partial charge in [-0.2, -0.15) is 15.3 Å². The SMILES string of the molecule is COc1cc(N=Nc2cccc(S(=O)(=O)[O-])c2)ccc1NC(=O)Nc1ccc(NN=C2C=CC(=O)C(C(=O)[O-])=C2)cc1.[Na+].[Na+]. The Bertz CT molecular complexity index is 1790. The minimum absolute atomic E-state index is 0. The Kier molecular flexibility index (Phi) is 13.6. The molecule has 1 aliphatic carbocycles. The average Bonchev–Trinajstić information content (AvgIpc) is 2.96. The number of carbonyl (C=O) groups excluding carboxylic acids is 3. The van der Waals surface area contributed by atoms with Gasteiger partial charge >= 0.3 is 65.1 Å². The van der Waals surface area contributed by atoms with E-state index in [1.807, 2.05) is 0 Å². The average molecular weight is 635 g/mol. The van der Waals surface area contributed by atoms with Crippen LogP contribution in [0.5, 0.6) is 5.75 Å². The Morgan fingerprint density at radius 1 is 0.864 bits per heavy atom. The molecule has 214 valence electrons.